The number of aliphatic hydroxyl groups excluding tert-OH is 2. The standard InChI is InChI=1S/C8H14BO7P/c9-8-7(14-3-1-2-10)6(16-17(12)13)5(4-11)15-8/h5-8,10-11H,1-4H2/p+1. The maximum absolute atomic E-state index is 10.7. The topological polar surface area (TPSA) is 105 Å². The second-order valence-electron chi connectivity index (χ2n) is 3.54. The zero-order chi connectivity index (χ0) is 12.8. The van der Waals surface area contributed by atoms with Gasteiger partial charge in [-0.05, 0) is 6.42 Å². The van der Waals surface area contributed by atoms with Crippen LogP contribution in [0.3, 0.4) is 0 Å². The van der Waals surface area contributed by atoms with E-state index in [0.717, 1.165) is 0 Å². The summed E-state index contributed by atoms with van der Waals surface area (Å²) in [6, 6.07) is -0.842. The molecule has 1 aliphatic rings. The second kappa shape index (κ2) is 7.38. The monoisotopic (exact) mass is 265 g/mol. The Morgan fingerprint density at radius 1 is 1.35 bits per heavy atom. The molecule has 1 aliphatic heterocycles. The zero-order valence-corrected chi connectivity index (χ0v) is 10.0. The van der Waals surface area contributed by atoms with E-state index in [1.54, 1.807) is 0 Å². The van der Waals surface area contributed by atoms with Crippen molar-refractivity contribution in [1.82, 2.24) is 0 Å². The van der Waals surface area contributed by atoms with Crippen molar-refractivity contribution in [2.45, 2.75) is 30.7 Å². The van der Waals surface area contributed by atoms with Crippen LogP contribution in [0.4, 0.5) is 0 Å². The van der Waals surface area contributed by atoms with Gasteiger partial charge < -0.3 is 19.7 Å². The first-order valence-electron chi connectivity index (χ1n) is 5.17. The average molecular weight is 265 g/mol. The average Bonchev–Trinajstić information content (AvgIpc) is 2.56. The highest BCUT2D eigenvalue weighted by molar-refractivity contribution is 7.32. The van der Waals surface area contributed by atoms with Crippen LogP contribution in [0.1, 0.15) is 6.42 Å². The van der Waals surface area contributed by atoms with Crippen LogP contribution in [0.5, 0.6) is 0 Å². The van der Waals surface area contributed by atoms with E-state index < -0.39 is 32.6 Å². The van der Waals surface area contributed by atoms with Gasteiger partial charge in [0.15, 0.2) is 6.10 Å². The van der Waals surface area contributed by atoms with Gasteiger partial charge in [0.1, 0.15) is 20.1 Å². The summed E-state index contributed by atoms with van der Waals surface area (Å²) in [5.41, 5.74) is 0. The van der Waals surface area contributed by atoms with E-state index in [1.807, 2.05) is 0 Å². The molecule has 0 bridgehead atoms. The molecule has 1 rings (SSSR count). The summed E-state index contributed by atoms with van der Waals surface area (Å²) >= 11 is 0. The number of ether oxygens (including phenoxy) is 2. The van der Waals surface area contributed by atoms with Gasteiger partial charge in [0, 0.05) is 23.8 Å². The summed E-state index contributed by atoms with van der Waals surface area (Å²) in [6.07, 6.45) is -2.03. The molecule has 1 saturated heterocycles. The normalized spacial score (nSPS) is 33.9. The Labute approximate surface area is 101 Å². The lowest BCUT2D eigenvalue weighted by Gasteiger charge is -2.18. The van der Waals surface area contributed by atoms with E-state index in [2.05, 4.69) is 0 Å². The molecule has 3 N–H and O–H groups in total. The van der Waals surface area contributed by atoms with Crippen molar-refractivity contribution in [2.75, 3.05) is 19.8 Å². The third-order valence-electron chi connectivity index (χ3n) is 2.35. The van der Waals surface area contributed by atoms with E-state index in [9.17, 15) is 4.57 Å². The number of hydrogen-bond acceptors (Lipinski definition) is 6. The van der Waals surface area contributed by atoms with E-state index >= 15 is 0 Å². The maximum Gasteiger partial charge on any atom is 0.695 e. The SMILES string of the molecule is [B]C1OC(CO)C(O[P+](=O)O)C1OCCCO. The summed E-state index contributed by atoms with van der Waals surface area (Å²) in [5, 5.41) is 17.6. The van der Waals surface area contributed by atoms with Crippen molar-refractivity contribution < 1.29 is 33.7 Å². The van der Waals surface area contributed by atoms with Crippen LogP contribution >= 0.6 is 8.25 Å². The minimum Gasteiger partial charge on any atom is -0.396 e. The van der Waals surface area contributed by atoms with Crippen molar-refractivity contribution in [3.05, 3.63) is 0 Å². The first-order valence-corrected chi connectivity index (χ1v) is 6.30. The number of rotatable bonds is 7. The summed E-state index contributed by atoms with van der Waals surface area (Å²) < 4.78 is 25.9. The van der Waals surface area contributed by atoms with Gasteiger partial charge in [0.05, 0.1) is 6.61 Å². The first kappa shape index (κ1) is 15.0. The van der Waals surface area contributed by atoms with Crippen LogP contribution in [0.2, 0.25) is 0 Å². The van der Waals surface area contributed by atoms with Gasteiger partial charge in [-0.2, -0.15) is 0 Å². The van der Waals surface area contributed by atoms with Crippen molar-refractivity contribution in [2.24, 2.45) is 0 Å². The lowest BCUT2D eigenvalue weighted by atomic mass is 9.93. The number of aliphatic hydroxyl groups is 2. The molecule has 1 fully saturated rings. The van der Waals surface area contributed by atoms with Gasteiger partial charge in [0.2, 0.25) is 0 Å². The molecule has 0 aromatic rings. The molecular weight excluding hydrogens is 250 g/mol. The molecule has 5 atom stereocenters. The Kier molecular flexibility index (Phi) is 6.50. The highest BCUT2D eigenvalue weighted by atomic mass is 31.1. The van der Waals surface area contributed by atoms with Crippen LogP contribution in [0, 0.1) is 0 Å². The largest absolute Gasteiger partial charge is 0.695 e. The molecule has 0 spiro atoms. The van der Waals surface area contributed by atoms with Crippen LogP contribution in [0.25, 0.3) is 0 Å². The summed E-state index contributed by atoms with van der Waals surface area (Å²) in [4.78, 5) is 8.72. The van der Waals surface area contributed by atoms with Crippen molar-refractivity contribution in [3.63, 3.8) is 0 Å². The molecule has 0 aliphatic carbocycles. The Morgan fingerprint density at radius 3 is 2.59 bits per heavy atom. The fraction of sp³-hybridized carbons (Fsp3) is 1.00. The van der Waals surface area contributed by atoms with Crippen LogP contribution < -0.4 is 0 Å². The summed E-state index contributed by atoms with van der Waals surface area (Å²) in [7, 11) is 2.78. The molecule has 0 aromatic heterocycles. The molecule has 9 heteroatoms. The Balaban J connectivity index is 2.58. The minimum absolute atomic E-state index is 0.0357. The van der Waals surface area contributed by atoms with Gasteiger partial charge in [-0.3, -0.25) is 0 Å². The van der Waals surface area contributed by atoms with Crippen LogP contribution in [-0.4, -0.2) is 67.1 Å². The maximum atomic E-state index is 10.7. The predicted molar refractivity (Wildman–Crippen MR) is 57.6 cm³/mol. The van der Waals surface area contributed by atoms with Crippen LogP contribution in [0.15, 0.2) is 0 Å². The lowest BCUT2D eigenvalue weighted by Crippen LogP contribution is -2.37. The summed E-state index contributed by atoms with van der Waals surface area (Å²) in [5.74, 6) is 0. The number of hydrogen-bond donors (Lipinski definition) is 3. The zero-order valence-electron chi connectivity index (χ0n) is 9.14. The molecule has 17 heavy (non-hydrogen) atoms. The fourth-order valence-corrected chi connectivity index (χ4v) is 2.07. The Bertz CT molecular complexity index is 254. The van der Waals surface area contributed by atoms with E-state index in [0.29, 0.717) is 6.42 Å². The highest BCUT2D eigenvalue weighted by Crippen LogP contribution is 2.31. The molecule has 1 heterocycles. The highest BCUT2D eigenvalue weighted by Gasteiger charge is 2.48. The molecule has 2 radical (unpaired) electrons. The van der Waals surface area contributed by atoms with Gasteiger partial charge in [-0.1, -0.05) is 0 Å². The van der Waals surface area contributed by atoms with Gasteiger partial charge in [-0.25, -0.2) is 0 Å². The lowest BCUT2D eigenvalue weighted by molar-refractivity contribution is -0.0200. The molecule has 0 amide bonds. The summed E-state index contributed by atoms with van der Waals surface area (Å²) in [6.45, 7) is -0.203. The molecule has 96 valence electrons. The second-order valence-corrected chi connectivity index (χ2v) is 4.23. The van der Waals surface area contributed by atoms with Crippen molar-refractivity contribution in [3.8, 4) is 0 Å². The minimum atomic E-state index is -2.83. The van der Waals surface area contributed by atoms with E-state index in [-0.39, 0.29) is 19.8 Å². The Morgan fingerprint density at radius 2 is 2.06 bits per heavy atom. The Hall–Kier alpha value is -0.0751. The fourth-order valence-electron chi connectivity index (χ4n) is 1.61. The van der Waals surface area contributed by atoms with E-state index in [1.165, 1.54) is 0 Å². The molecule has 7 nitrogen and oxygen atoms in total. The quantitative estimate of drug-likeness (QED) is 0.297. The molecule has 5 unspecified atom stereocenters. The molecule has 0 saturated carbocycles. The van der Waals surface area contributed by atoms with Crippen LogP contribution in [-0.2, 0) is 18.6 Å². The third kappa shape index (κ3) is 4.26. The van der Waals surface area contributed by atoms with Gasteiger partial charge in [-0.15, -0.1) is 9.42 Å². The third-order valence-corrected chi connectivity index (χ3v) is 2.77. The molecule has 0 aromatic carbocycles. The molecular formula is C8H15BO7P+. The van der Waals surface area contributed by atoms with Crippen molar-refractivity contribution in [1.29, 1.82) is 0 Å². The van der Waals surface area contributed by atoms with Gasteiger partial charge >= 0.3 is 8.25 Å². The first-order chi connectivity index (χ1) is 8.10. The predicted octanol–water partition coefficient (Wildman–Crippen LogP) is -1.33. The smallest absolute Gasteiger partial charge is 0.396 e. The van der Waals surface area contributed by atoms with Crippen molar-refractivity contribution >= 4 is 16.1 Å². The van der Waals surface area contributed by atoms with Gasteiger partial charge in [0.25, 0.3) is 0 Å². The van der Waals surface area contributed by atoms with E-state index in [4.69, 9.17) is 37.0 Å².